The first-order chi connectivity index (χ1) is 7.72. The Morgan fingerprint density at radius 3 is 2.53 bits per heavy atom. The maximum atomic E-state index is 13.8. The van der Waals surface area contributed by atoms with Crippen LogP contribution in [-0.2, 0) is 0 Å². The fourth-order valence-electron chi connectivity index (χ4n) is 1.85. The maximum Gasteiger partial charge on any atom is 0.161 e. The van der Waals surface area contributed by atoms with Crippen molar-refractivity contribution < 1.29 is 14.3 Å². The van der Waals surface area contributed by atoms with Crippen molar-refractivity contribution in [2.75, 3.05) is 18.5 Å². The van der Waals surface area contributed by atoms with Crippen LogP contribution in [0.15, 0.2) is 18.2 Å². The SMILES string of the molecule is CC(=O)c1cccc(F)c1N(C)CC(C)(C)O. The third-order valence-corrected chi connectivity index (χ3v) is 2.37. The minimum atomic E-state index is -0.953. The lowest BCUT2D eigenvalue weighted by Crippen LogP contribution is -2.37. The molecule has 1 aromatic carbocycles. The topological polar surface area (TPSA) is 40.5 Å². The molecule has 1 rings (SSSR count). The van der Waals surface area contributed by atoms with E-state index in [4.69, 9.17) is 0 Å². The number of likely N-dealkylation sites (N-methyl/N-ethyl adjacent to an activating group) is 1. The number of aliphatic hydroxyl groups is 1. The Hall–Kier alpha value is -1.42. The fourth-order valence-corrected chi connectivity index (χ4v) is 1.85. The smallest absolute Gasteiger partial charge is 0.161 e. The van der Waals surface area contributed by atoms with Gasteiger partial charge in [0.1, 0.15) is 5.82 Å². The van der Waals surface area contributed by atoms with Crippen molar-refractivity contribution >= 4 is 11.5 Å². The maximum absolute atomic E-state index is 13.8. The Kier molecular flexibility index (Phi) is 3.88. The van der Waals surface area contributed by atoms with Crippen LogP contribution in [0.5, 0.6) is 0 Å². The molecule has 17 heavy (non-hydrogen) atoms. The second kappa shape index (κ2) is 4.84. The van der Waals surface area contributed by atoms with E-state index < -0.39 is 11.4 Å². The van der Waals surface area contributed by atoms with Crippen LogP contribution in [0.2, 0.25) is 0 Å². The molecule has 0 aliphatic heterocycles. The van der Waals surface area contributed by atoms with Crippen molar-refractivity contribution in [2.24, 2.45) is 0 Å². The molecular weight excluding hydrogens is 221 g/mol. The van der Waals surface area contributed by atoms with Crippen LogP contribution < -0.4 is 4.90 Å². The van der Waals surface area contributed by atoms with E-state index in [2.05, 4.69) is 0 Å². The van der Waals surface area contributed by atoms with Crippen molar-refractivity contribution in [1.82, 2.24) is 0 Å². The number of carbonyl (C=O) groups is 1. The summed E-state index contributed by atoms with van der Waals surface area (Å²) in [5, 5.41) is 9.72. The lowest BCUT2D eigenvalue weighted by molar-refractivity contribution is 0.0881. The lowest BCUT2D eigenvalue weighted by atomic mass is 10.1. The molecular formula is C13H18FNO2. The molecule has 0 bridgehead atoms. The summed E-state index contributed by atoms with van der Waals surface area (Å²) in [6.07, 6.45) is 0. The summed E-state index contributed by atoms with van der Waals surface area (Å²) >= 11 is 0. The Labute approximate surface area is 101 Å². The van der Waals surface area contributed by atoms with E-state index >= 15 is 0 Å². The summed E-state index contributed by atoms with van der Waals surface area (Å²) in [6.45, 7) is 4.92. The number of ketones is 1. The molecule has 1 aromatic rings. The molecule has 0 saturated carbocycles. The van der Waals surface area contributed by atoms with Gasteiger partial charge in [-0.3, -0.25) is 4.79 Å². The first-order valence-corrected chi connectivity index (χ1v) is 5.45. The number of Topliss-reactive ketones (excluding diaryl/α,β-unsaturated/α-hetero) is 1. The molecule has 0 aromatic heterocycles. The van der Waals surface area contributed by atoms with Crippen molar-refractivity contribution in [3.8, 4) is 0 Å². The van der Waals surface area contributed by atoms with Gasteiger partial charge in [0.15, 0.2) is 5.78 Å². The molecule has 0 aliphatic rings. The largest absolute Gasteiger partial charge is 0.389 e. The van der Waals surface area contributed by atoms with Crippen LogP contribution >= 0.6 is 0 Å². The van der Waals surface area contributed by atoms with E-state index in [0.29, 0.717) is 5.56 Å². The van der Waals surface area contributed by atoms with Gasteiger partial charge >= 0.3 is 0 Å². The van der Waals surface area contributed by atoms with Gasteiger partial charge in [0.05, 0.1) is 11.3 Å². The van der Waals surface area contributed by atoms with Crippen molar-refractivity contribution in [1.29, 1.82) is 0 Å². The van der Waals surface area contributed by atoms with Crippen LogP contribution in [0.25, 0.3) is 0 Å². The highest BCUT2D eigenvalue weighted by Gasteiger charge is 2.21. The van der Waals surface area contributed by atoms with E-state index in [9.17, 15) is 14.3 Å². The molecule has 0 heterocycles. The summed E-state index contributed by atoms with van der Waals surface area (Å²) < 4.78 is 13.8. The van der Waals surface area contributed by atoms with Crippen molar-refractivity contribution in [2.45, 2.75) is 26.4 Å². The highest BCUT2D eigenvalue weighted by atomic mass is 19.1. The number of halogens is 1. The number of hydrogen-bond donors (Lipinski definition) is 1. The van der Waals surface area contributed by atoms with Crippen molar-refractivity contribution in [3.63, 3.8) is 0 Å². The van der Waals surface area contributed by atoms with Gasteiger partial charge in [-0.1, -0.05) is 6.07 Å². The molecule has 0 saturated heterocycles. The summed E-state index contributed by atoms with van der Waals surface area (Å²) in [4.78, 5) is 13.0. The van der Waals surface area contributed by atoms with Gasteiger partial charge in [-0.15, -0.1) is 0 Å². The van der Waals surface area contributed by atoms with E-state index in [0.717, 1.165) is 0 Å². The zero-order valence-corrected chi connectivity index (χ0v) is 10.6. The van der Waals surface area contributed by atoms with E-state index in [1.807, 2.05) is 0 Å². The summed E-state index contributed by atoms with van der Waals surface area (Å²) in [5.41, 5.74) is -0.385. The predicted octanol–water partition coefficient (Wildman–Crippen LogP) is 2.24. The Morgan fingerprint density at radius 2 is 2.06 bits per heavy atom. The number of nitrogens with zero attached hydrogens (tertiary/aromatic N) is 1. The molecule has 1 N–H and O–H groups in total. The molecule has 0 atom stereocenters. The molecule has 0 amide bonds. The van der Waals surface area contributed by atoms with Gasteiger partial charge in [-0.2, -0.15) is 0 Å². The van der Waals surface area contributed by atoms with E-state index in [1.165, 1.54) is 19.1 Å². The van der Waals surface area contributed by atoms with Crippen molar-refractivity contribution in [3.05, 3.63) is 29.6 Å². The van der Waals surface area contributed by atoms with Crippen LogP contribution in [0, 0.1) is 5.82 Å². The van der Waals surface area contributed by atoms with E-state index in [-0.39, 0.29) is 18.0 Å². The Morgan fingerprint density at radius 1 is 1.47 bits per heavy atom. The van der Waals surface area contributed by atoms with Crippen LogP contribution in [-0.4, -0.2) is 30.1 Å². The molecule has 0 spiro atoms. The summed E-state index contributed by atoms with van der Waals surface area (Å²) in [6, 6.07) is 4.40. The zero-order chi connectivity index (χ0) is 13.2. The fraction of sp³-hybridized carbons (Fsp3) is 0.462. The predicted molar refractivity (Wildman–Crippen MR) is 66.0 cm³/mol. The van der Waals surface area contributed by atoms with Crippen LogP contribution in [0.1, 0.15) is 31.1 Å². The number of carbonyl (C=O) groups excluding carboxylic acids is 1. The second-order valence-electron chi connectivity index (χ2n) is 4.86. The second-order valence-corrected chi connectivity index (χ2v) is 4.86. The molecule has 0 radical (unpaired) electrons. The highest BCUT2D eigenvalue weighted by Crippen LogP contribution is 2.25. The number of para-hydroxylation sites is 1. The van der Waals surface area contributed by atoms with Crippen LogP contribution in [0.3, 0.4) is 0 Å². The van der Waals surface area contributed by atoms with Gasteiger partial charge in [0, 0.05) is 19.2 Å². The van der Waals surface area contributed by atoms with E-state index in [1.54, 1.807) is 31.9 Å². The first-order valence-electron chi connectivity index (χ1n) is 5.45. The average molecular weight is 239 g/mol. The third-order valence-electron chi connectivity index (χ3n) is 2.37. The third kappa shape index (κ3) is 3.53. The minimum absolute atomic E-state index is 0.193. The Bertz CT molecular complexity index is 424. The number of anilines is 1. The van der Waals surface area contributed by atoms with Gasteiger partial charge < -0.3 is 10.0 Å². The average Bonchev–Trinajstić information content (AvgIpc) is 2.13. The van der Waals surface area contributed by atoms with Gasteiger partial charge in [0.25, 0.3) is 0 Å². The van der Waals surface area contributed by atoms with Gasteiger partial charge in [-0.25, -0.2) is 4.39 Å². The first kappa shape index (κ1) is 13.6. The molecule has 3 nitrogen and oxygen atoms in total. The number of rotatable bonds is 4. The molecule has 0 unspecified atom stereocenters. The monoisotopic (exact) mass is 239 g/mol. The minimum Gasteiger partial charge on any atom is -0.389 e. The summed E-state index contributed by atoms with van der Waals surface area (Å²) in [5.74, 6) is -0.647. The number of hydrogen-bond acceptors (Lipinski definition) is 3. The summed E-state index contributed by atoms with van der Waals surface area (Å²) in [7, 11) is 1.66. The van der Waals surface area contributed by atoms with Crippen LogP contribution in [0.4, 0.5) is 10.1 Å². The zero-order valence-electron chi connectivity index (χ0n) is 10.6. The number of benzene rings is 1. The van der Waals surface area contributed by atoms with Gasteiger partial charge in [-0.05, 0) is 32.9 Å². The lowest BCUT2D eigenvalue weighted by Gasteiger charge is -2.28. The molecule has 0 aliphatic carbocycles. The normalized spacial score (nSPS) is 11.4. The highest BCUT2D eigenvalue weighted by molar-refractivity contribution is 5.99. The molecule has 4 heteroatoms. The quantitative estimate of drug-likeness (QED) is 0.819. The standard InChI is InChI=1S/C13H18FNO2/c1-9(16)10-6-5-7-11(14)12(10)15(4)8-13(2,3)17/h5-7,17H,8H2,1-4H3. The van der Waals surface area contributed by atoms with Gasteiger partial charge in [0.2, 0.25) is 0 Å². The molecule has 94 valence electrons. The molecule has 0 fully saturated rings. The Balaban J connectivity index is 3.16.